The van der Waals surface area contributed by atoms with Gasteiger partial charge in [0.25, 0.3) is 5.97 Å². The summed E-state index contributed by atoms with van der Waals surface area (Å²) in [6, 6.07) is 0. The summed E-state index contributed by atoms with van der Waals surface area (Å²) in [5.41, 5.74) is -1.98. The summed E-state index contributed by atoms with van der Waals surface area (Å²) in [7, 11) is 0. The van der Waals surface area contributed by atoms with E-state index in [4.69, 9.17) is 4.74 Å². The van der Waals surface area contributed by atoms with Crippen molar-refractivity contribution in [3.63, 3.8) is 0 Å². The van der Waals surface area contributed by atoms with Crippen molar-refractivity contribution in [3.8, 4) is 0 Å². The van der Waals surface area contributed by atoms with Crippen LogP contribution in [0.5, 0.6) is 0 Å². The summed E-state index contributed by atoms with van der Waals surface area (Å²) in [6.45, 7) is 5.53. The third-order valence-corrected chi connectivity index (χ3v) is 4.26. The number of rotatable bonds is 3. The van der Waals surface area contributed by atoms with E-state index in [9.17, 15) is 22.4 Å². The fourth-order valence-corrected chi connectivity index (χ4v) is 2.38. The number of benzene rings is 1. The zero-order chi connectivity index (χ0) is 16.1. The van der Waals surface area contributed by atoms with Gasteiger partial charge in [0.05, 0.1) is 5.56 Å². The third kappa shape index (κ3) is 3.09. The van der Waals surface area contributed by atoms with Crippen LogP contribution in [0.3, 0.4) is 0 Å². The number of ether oxygens (including phenoxy) is 1. The van der Waals surface area contributed by atoms with Gasteiger partial charge >= 0.3 is 0 Å². The molecule has 0 spiro atoms. The summed E-state index contributed by atoms with van der Waals surface area (Å²) in [5.74, 6) is -6.23. The predicted molar refractivity (Wildman–Crippen MR) is 67.0 cm³/mol. The summed E-state index contributed by atoms with van der Waals surface area (Å²) in [5, 5.41) is 0. The van der Waals surface area contributed by atoms with E-state index in [2.05, 4.69) is 0 Å². The Balaban J connectivity index is 0.00000242. The second kappa shape index (κ2) is 6.56. The first-order valence-corrected chi connectivity index (χ1v) is 6.42. The van der Waals surface area contributed by atoms with Gasteiger partial charge in [0.2, 0.25) is 0 Å². The van der Waals surface area contributed by atoms with Gasteiger partial charge in [-0.15, -0.1) is 0 Å². The van der Waals surface area contributed by atoms with Gasteiger partial charge in [-0.05, 0) is 6.92 Å². The van der Waals surface area contributed by atoms with Crippen molar-refractivity contribution in [1.82, 2.24) is 0 Å². The van der Waals surface area contributed by atoms with Gasteiger partial charge in [-0.2, -0.15) is 12.3 Å². The van der Waals surface area contributed by atoms with Crippen LogP contribution in [0.4, 0.5) is 17.6 Å². The minimum atomic E-state index is -1.53. The van der Waals surface area contributed by atoms with Crippen LogP contribution in [0.1, 0.15) is 31.9 Å². The van der Waals surface area contributed by atoms with Crippen molar-refractivity contribution in [3.05, 3.63) is 40.3 Å². The molecule has 2 rings (SSSR count). The number of hydrogen-bond donors (Lipinski definition) is 0. The molecule has 1 aromatic rings. The molecule has 1 radical (unpaired) electrons. The molecule has 1 unspecified atom stereocenters. The van der Waals surface area contributed by atoms with Crippen molar-refractivity contribution in [2.24, 2.45) is 11.3 Å². The van der Waals surface area contributed by atoms with Gasteiger partial charge in [0.1, 0.15) is 6.61 Å². The molecule has 1 fully saturated rings. The Morgan fingerprint density at radius 1 is 1.14 bits per heavy atom. The van der Waals surface area contributed by atoms with Crippen molar-refractivity contribution in [2.45, 2.75) is 34.3 Å². The molecule has 0 aliphatic heterocycles. The largest absolute Gasteiger partial charge is 0.462 e. The molecule has 0 amide bonds. The monoisotopic (exact) mass is 392 g/mol. The second-order valence-electron chi connectivity index (χ2n) is 5.80. The van der Waals surface area contributed by atoms with E-state index in [0.717, 1.165) is 12.8 Å². The van der Waals surface area contributed by atoms with Crippen LogP contribution in [-0.2, 0) is 48.8 Å². The second-order valence-corrected chi connectivity index (χ2v) is 5.80. The molecule has 1 aliphatic rings. The zero-order valence-corrected chi connectivity index (χ0v) is 15.5. The minimum Gasteiger partial charge on any atom is -0.462 e. The smallest absolute Gasteiger partial charge is 0.277 e. The molecule has 2 nitrogen and oxygen atoms in total. The fourth-order valence-electron chi connectivity index (χ4n) is 2.38. The molecule has 1 aliphatic carbocycles. The molecule has 0 heterocycles. The first-order valence-electron chi connectivity index (χ1n) is 6.42. The standard InChI is InChI=1S/C15H15F4O2.Y/c1-6-10(16)12(18)8(13(19)11(6)17)5-21-14(20)9-7(2)15(9,3)4;/h9H,5H2,1-4H3;/q-1;. The van der Waals surface area contributed by atoms with Crippen LogP contribution in [0.25, 0.3) is 0 Å². The minimum absolute atomic E-state index is 0. The molecule has 119 valence electrons. The van der Waals surface area contributed by atoms with E-state index in [1.807, 2.05) is 13.8 Å². The Hall–Kier alpha value is -0.486. The first kappa shape index (κ1) is 19.6. The van der Waals surface area contributed by atoms with Gasteiger partial charge in [-0.25, -0.2) is 17.6 Å². The third-order valence-electron chi connectivity index (χ3n) is 4.26. The number of carbonyl (C=O) groups is 1. The summed E-state index contributed by atoms with van der Waals surface area (Å²) < 4.78 is 58.8. The normalized spacial score (nSPS) is 19.5. The van der Waals surface area contributed by atoms with Gasteiger partial charge in [-0.3, -0.25) is 4.79 Å². The Labute approximate surface area is 151 Å². The van der Waals surface area contributed by atoms with E-state index < -0.39 is 52.9 Å². The molecule has 1 aromatic carbocycles. The number of hydrogen-bond acceptors (Lipinski definition) is 2. The molecular weight excluding hydrogens is 377 g/mol. The van der Waals surface area contributed by atoms with E-state index in [0.29, 0.717) is 0 Å². The van der Waals surface area contributed by atoms with Gasteiger partial charge in [-0.1, -0.05) is 19.8 Å². The molecule has 1 saturated carbocycles. The molecule has 22 heavy (non-hydrogen) atoms. The maximum Gasteiger partial charge on any atom is 0.277 e. The average molecular weight is 392 g/mol. The molecule has 0 N–H and O–H groups in total. The van der Waals surface area contributed by atoms with Crippen molar-refractivity contribution >= 4 is 5.97 Å². The van der Waals surface area contributed by atoms with Crippen LogP contribution in [0.15, 0.2) is 0 Å². The molecule has 1 atom stereocenters. The van der Waals surface area contributed by atoms with Gasteiger partial charge in [0, 0.05) is 38.3 Å². The quantitative estimate of drug-likeness (QED) is 0.338. The van der Waals surface area contributed by atoms with Gasteiger partial charge in [0.15, 0.2) is 23.3 Å². The van der Waals surface area contributed by atoms with Crippen LogP contribution < -0.4 is 0 Å². The Morgan fingerprint density at radius 2 is 1.55 bits per heavy atom. The maximum atomic E-state index is 13.6. The van der Waals surface area contributed by atoms with E-state index >= 15 is 0 Å². The fraction of sp³-hybridized carbons (Fsp3) is 0.467. The van der Waals surface area contributed by atoms with Crippen LogP contribution in [0, 0.1) is 47.4 Å². The number of esters is 1. The predicted octanol–water partition coefficient (Wildman–Crippen LogP) is 3.84. The Morgan fingerprint density at radius 3 is 1.91 bits per heavy atom. The van der Waals surface area contributed by atoms with Gasteiger partial charge < -0.3 is 10.7 Å². The van der Waals surface area contributed by atoms with Crippen LogP contribution >= 0.6 is 0 Å². The van der Waals surface area contributed by atoms with E-state index in [1.165, 1.54) is 0 Å². The maximum absolute atomic E-state index is 13.6. The summed E-state index contributed by atoms with van der Waals surface area (Å²) >= 11 is 0. The number of carbonyl (C=O) groups excluding carboxylic acids is 1. The zero-order valence-electron chi connectivity index (χ0n) is 12.7. The molecule has 0 saturated heterocycles. The molecular formula is C15H15F4O2Y-. The molecule has 0 bridgehead atoms. The van der Waals surface area contributed by atoms with Crippen LogP contribution in [0.2, 0.25) is 0 Å². The Bertz CT molecular complexity index is 587. The van der Waals surface area contributed by atoms with Crippen LogP contribution in [-0.4, -0.2) is 5.97 Å². The van der Waals surface area contributed by atoms with Crippen molar-refractivity contribution in [1.29, 1.82) is 0 Å². The number of halogens is 4. The van der Waals surface area contributed by atoms with E-state index in [-0.39, 0.29) is 38.1 Å². The summed E-state index contributed by atoms with van der Waals surface area (Å²) in [4.78, 5) is 11.8. The van der Waals surface area contributed by atoms with Crippen molar-refractivity contribution in [2.75, 3.05) is 0 Å². The summed E-state index contributed by atoms with van der Waals surface area (Å²) in [6.07, 6.45) is 0. The first-order chi connectivity index (χ1) is 9.60. The average Bonchev–Trinajstić information content (AvgIpc) is 2.92. The van der Waals surface area contributed by atoms with Crippen molar-refractivity contribution < 1.29 is 59.8 Å². The van der Waals surface area contributed by atoms with E-state index in [1.54, 1.807) is 6.92 Å². The topological polar surface area (TPSA) is 26.3 Å². The molecule has 7 heteroatoms. The molecule has 0 aromatic heterocycles. The SMILES string of the molecule is Cc1c(F)c(F)c(COC(=O)C2[C-](C)C2(C)C)c(F)c1F.[Y]. The Kier molecular flexibility index (Phi) is 5.83.